The maximum absolute atomic E-state index is 13.3. The van der Waals surface area contributed by atoms with E-state index in [4.69, 9.17) is 9.47 Å². The SMILES string of the molecule is COc1ccc(N2C(=O)C(=Cc3ccccc3OC)N=C2c2ccccc2)cc1. The Balaban J connectivity index is 1.81. The number of hydrogen-bond acceptors (Lipinski definition) is 4. The van der Waals surface area contributed by atoms with Crippen molar-refractivity contribution in [3.05, 3.63) is 95.7 Å². The molecule has 29 heavy (non-hydrogen) atoms. The van der Waals surface area contributed by atoms with Crippen molar-refractivity contribution >= 4 is 23.5 Å². The lowest BCUT2D eigenvalue weighted by atomic mass is 10.1. The summed E-state index contributed by atoms with van der Waals surface area (Å²) in [6.45, 7) is 0. The highest BCUT2D eigenvalue weighted by Crippen LogP contribution is 2.30. The van der Waals surface area contributed by atoms with E-state index in [1.54, 1.807) is 25.2 Å². The average molecular weight is 384 g/mol. The number of ether oxygens (including phenoxy) is 2. The first-order valence-electron chi connectivity index (χ1n) is 9.18. The summed E-state index contributed by atoms with van der Waals surface area (Å²) in [5, 5.41) is 0. The number of nitrogens with zero attached hydrogens (tertiary/aromatic N) is 2. The van der Waals surface area contributed by atoms with Crippen molar-refractivity contribution < 1.29 is 14.3 Å². The highest BCUT2D eigenvalue weighted by atomic mass is 16.5. The van der Waals surface area contributed by atoms with E-state index in [1.165, 1.54) is 0 Å². The van der Waals surface area contributed by atoms with Gasteiger partial charge in [0.25, 0.3) is 5.91 Å². The molecule has 5 nitrogen and oxygen atoms in total. The zero-order chi connectivity index (χ0) is 20.2. The molecule has 3 aromatic carbocycles. The molecule has 0 aromatic heterocycles. The smallest absolute Gasteiger partial charge is 0.282 e. The van der Waals surface area contributed by atoms with Gasteiger partial charge in [0.05, 0.1) is 19.9 Å². The first-order chi connectivity index (χ1) is 14.2. The predicted molar refractivity (Wildman–Crippen MR) is 114 cm³/mol. The fourth-order valence-electron chi connectivity index (χ4n) is 3.20. The molecule has 3 aromatic rings. The molecule has 0 atom stereocenters. The van der Waals surface area contributed by atoms with Gasteiger partial charge in [-0.05, 0) is 36.4 Å². The first kappa shape index (κ1) is 18.5. The van der Waals surface area contributed by atoms with Gasteiger partial charge in [-0.25, -0.2) is 4.99 Å². The molecule has 0 saturated heterocycles. The van der Waals surface area contributed by atoms with Crippen LogP contribution in [0.15, 0.2) is 89.6 Å². The fourth-order valence-corrected chi connectivity index (χ4v) is 3.20. The molecule has 0 radical (unpaired) electrons. The van der Waals surface area contributed by atoms with Gasteiger partial charge < -0.3 is 9.47 Å². The molecule has 1 aliphatic rings. The quantitative estimate of drug-likeness (QED) is 0.607. The molecule has 144 valence electrons. The molecule has 0 saturated carbocycles. The number of hydrogen-bond donors (Lipinski definition) is 0. The van der Waals surface area contributed by atoms with Crippen LogP contribution in [0.3, 0.4) is 0 Å². The van der Waals surface area contributed by atoms with Crippen LogP contribution < -0.4 is 14.4 Å². The molecule has 0 spiro atoms. The van der Waals surface area contributed by atoms with Crippen LogP contribution in [0.1, 0.15) is 11.1 Å². The third-order valence-electron chi connectivity index (χ3n) is 4.65. The summed E-state index contributed by atoms with van der Waals surface area (Å²) >= 11 is 0. The number of methoxy groups -OCH3 is 2. The van der Waals surface area contributed by atoms with Gasteiger partial charge in [-0.2, -0.15) is 0 Å². The third kappa shape index (κ3) is 3.62. The van der Waals surface area contributed by atoms with Crippen molar-refractivity contribution in [3.63, 3.8) is 0 Å². The minimum absolute atomic E-state index is 0.195. The van der Waals surface area contributed by atoms with Gasteiger partial charge in [-0.1, -0.05) is 48.5 Å². The topological polar surface area (TPSA) is 51.1 Å². The second-order valence-corrected chi connectivity index (χ2v) is 6.41. The minimum atomic E-state index is -0.195. The Kier molecular flexibility index (Phi) is 5.12. The van der Waals surface area contributed by atoms with Gasteiger partial charge in [0.1, 0.15) is 23.0 Å². The lowest BCUT2D eigenvalue weighted by Gasteiger charge is -2.18. The number of para-hydroxylation sites is 1. The van der Waals surface area contributed by atoms with Crippen molar-refractivity contribution in [2.75, 3.05) is 19.1 Å². The Morgan fingerprint density at radius 3 is 2.21 bits per heavy atom. The molecule has 4 rings (SSSR count). The van der Waals surface area contributed by atoms with Crippen LogP contribution in [0.2, 0.25) is 0 Å². The standard InChI is InChI=1S/C24H20N2O3/c1-28-20-14-12-19(13-15-20)26-23(17-8-4-3-5-9-17)25-21(24(26)27)16-18-10-6-7-11-22(18)29-2/h3-16H,1-2H3. The summed E-state index contributed by atoms with van der Waals surface area (Å²) in [6.07, 6.45) is 1.76. The number of amides is 1. The fraction of sp³-hybridized carbons (Fsp3) is 0.0833. The minimum Gasteiger partial charge on any atom is -0.497 e. The molecule has 0 N–H and O–H groups in total. The van der Waals surface area contributed by atoms with Gasteiger partial charge in [-0.15, -0.1) is 0 Å². The second-order valence-electron chi connectivity index (χ2n) is 6.41. The Hall–Kier alpha value is -3.86. The molecule has 0 unspecified atom stereocenters. The average Bonchev–Trinajstić information content (AvgIpc) is 3.11. The largest absolute Gasteiger partial charge is 0.497 e. The number of anilines is 1. The van der Waals surface area contributed by atoms with Crippen LogP contribution in [0.5, 0.6) is 11.5 Å². The van der Waals surface area contributed by atoms with E-state index in [-0.39, 0.29) is 5.91 Å². The summed E-state index contributed by atoms with van der Waals surface area (Å²) in [5.74, 6) is 1.80. The van der Waals surface area contributed by atoms with Crippen molar-refractivity contribution in [2.45, 2.75) is 0 Å². The van der Waals surface area contributed by atoms with Gasteiger partial charge in [0.2, 0.25) is 0 Å². The number of amidine groups is 1. The Bertz CT molecular complexity index is 1090. The van der Waals surface area contributed by atoms with Crippen molar-refractivity contribution in [3.8, 4) is 11.5 Å². The monoisotopic (exact) mass is 384 g/mol. The van der Waals surface area contributed by atoms with Crippen LogP contribution >= 0.6 is 0 Å². The highest BCUT2D eigenvalue weighted by molar-refractivity contribution is 6.33. The van der Waals surface area contributed by atoms with E-state index in [1.807, 2.05) is 78.9 Å². The van der Waals surface area contributed by atoms with E-state index in [0.29, 0.717) is 17.3 Å². The molecule has 5 heteroatoms. The summed E-state index contributed by atoms with van der Waals surface area (Å²) in [7, 11) is 3.22. The molecule has 1 heterocycles. The number of rotatable bonds is 5. The normalized spacial score (nSPS) is 14.8. The zero-order valence-electron chi connectivity index (χ0n) is 16.2. The van der Waals surface area contributed by atoms with Gasteiger partial charge in [0, 0.05) is 11.1 Å². The van der Waals surface area contributed by atoms with Crippen LogP contribution in [-0.4, -0.2) is 26.0 Å². The Labute approximate surface area is 169 Å². The number of benzene rings is 3. The van der Waals surface area contributed by atoms with E-state index >= 15 is 0 Å². The second kappa shape index (κ2) is 8.02. The Morgan fingerprint density at radius 1 is 0.828 bits per heavy atom. The highest BCUT2D eigenvalue weighted by Gasteiger charge is 2.32. The summed E-state index contributed by atoms with van der Waals surface area (Å²) < 4.78 is 10.6. The van der Waals surface area contributed by atoms with Gasteiger partial charge in [0.15, 0.2) is 0 Å². The van der Waals surface area contributed by atoms with Crippen LogP contribution in [0.25, 0.3) is 6.08 Å². The number of carbonyl (C=O) groups is 1. The van der Waals surface area contributed by atoms with E-state index in [2.05, 4.69) is 4.99 Å². The van der Waals surface area contributed by atoms with Crippen molar-refractivity contribution in [2.24, 2.45) is 4.99 Å². The molecule has 0 aliphatic carbocycles. The Morgan fingerprint density at radius 2 is 1.52 bits per heavy atom. The van der Waals surface area contributed by atoms with E-state index < -0.39 is 0 Å². The number of aliphatic imine (C=N–C) groups is 1. The molecular weight excluding hydrogens is 364 g/mol. The molecule has 0 fully saturated rings. The van der Waals surface area contributed by atoms with Gasteiger partial charge >= 0.3 is 0 Å². The van der Waals surface area contributed by atoms with Crippen LogP contribution in [0.4, 0.5) is 5.69 Å². The lowest BCUT2D eigenvalue weighted by molar-refractivity contribution is -0.113. The molecular formula is C24H20N2O3. The third-order valence-corrected chi connectivity index (χ3v) is 4.65. The molecule has 0 bridgehead atoms. The van der Waals surface area contributed by atoms with E-state index in [0.717, 1.165) is 22.6 Å². The maximum Gasteiger partial charge on any atom is 0.282 e. The van der Waals surface area contributed by atoms with Gasteiger partial charge in [-0.3, -0.25) is 9.69 Å². The van der Waals surface area contributed by atoms with Crippen molar-refractivity contribution in [1.29, 1.82) is 0 Å². The summed E-state index contributed by atoms with van der Waals surface area (Å²) in [6, 6.07) is 24.6. The molecule has 1 aliphatic heterocycles. The summed E-state index contributed by atoms with van der Waals surface area (Å²) in [4.78, 5) is 19.6. The summed E-state index contributed by atoms with van der Waals surface area (Å²) in [5.41, 5.74) is 2.73. The predicted octanol–water partition coefficient (Wildman–Crippen LogP) is 4.54. The molecule has 1 amide bonds. The zero-order valence-corrected chi connectivity index (χ0v) is 16.2. The first-order valence-corrected chi connectivity index (χ1v) is 9.18. The van der Waals surface area contributed by atoms with Crippen LogP contribution in [0, 0.1) is 0 Å². The van der Waals surface area contributed by atoms with Crippen molar-refractivity contribution in [1.82, 2.24) is 0 Å². The van der Waals surface area contributed by atoms with Crippen LogP contribution in [-0.2, 0) is 4.79 Å². The maximum atomic E-state index is 13.3. The number of carbonyl (C=O) groups excluding carboxylic acids is 1. The lowest BCUT2D eigenvalue weighted by Crippen LogP contribution is -2.32. The van der Waals surface area contributed by atoms with E-state index in [9.17, 15) is 4.79 Å².